The van der Waals surface area contributed by atoms with Crippen LogP contribution in [0.2, 0.25) is 0 Å². The summed E-state index contributed by atoms with van der Waals surface area (Å²) >= 11 is 0. The van der Waals surface area contributed by atoms with Crippen LogP contribution in [0.15, 0.2) is 18.3 Å². The zero-order valence-electron chi connectivity index (χ0n) is 9.78. The number of nitrogens with zero attached hydrogens (tertiary/aromatic N) is 1. The van der Waals surface area contributed by atoms with Gasteiger partial charge in [0.05, 0.1) is 11.6 Å². The quantitative estimate of drug-likeness (QED) is 0.836. The van der Waals surface area contributed by atoms with Gasteiger partial charge in [0.25, 0.3) is 5.91 Å². The maximum absolute atomic E-state index is 11.8. The van der Waals surface area contributed by atoms with E-state index in [1.165, 1.54) is 0 Å². The number of carbonyl (C=O) groups is 2. The Balaban J connectivity index is 2.73. The summed E-state index contributed by atoms with van der Waals surface area (Å²) in [6.45, 7) is 5.23. The molecule has 16 heavy (non-hydrogen) atoms. The van der Waals surface area contributed by atoms with Crippen molar-refractivity contribution in [2.24, 2.45) is 0 Å². The summed E-state index contributed by atoms with van der Waals surface area (Å²) < 4.78 is 0. The molecule has 0 aliphatic rings. The fourth-order valence-electron chi connectivity index (χ4n) is 1.39. The van der Waals surface area contributed by atoms with E-state index in [-0.39, 0.29) is 11.7 Å². The number of nitrogens with one attached hydrogen (secondary N) is 1. The second kappa shape index (κ2) is 5.39. The summed E-state index contributed by atoms with van der Waals surface area (Å²) in [6, 6.07) is 2.95. The van der Waals surface area contributed by atoms with E-state index in [1.807, 2.05) is 0 Å². The smallest absolute Gasteiger partial charge is 0.253 e. The van der Waals surface area contributed by atoms with Gasteiger partial charge in [0.1, 0.15) is 0 Å². The van der Waals surface area contributed by atoms with E-state index >= 15 is 0 Å². The van der Waals surface area contributed by atoms with Gasteiger partial charge in [-0.2, -0.15) is 0 Å². The average molecular weight is 220 g/mol. The Hall–Kier alpha value is -1.71. The van der Waals surface area contributed by atoms with Gasteiger partial charge in [0, 0.05) is 18.3 Å². The third-order valence-electron chi connectivity index (χ3n) is 2.43. The summed E-state index contributed by atoms with van der Waals surface area (Å²) in [6.07, 6.45) is 2.06. The summed E-state index contributed by atoms with van der Waals surface area (Å²) in [5.74, 6) is -0.227. The van der Waals surface area contributed by atoms with Gasteiger partial charge < -0.3 is 5.32 Å². The number of Topliss-reactive ketones (excluding diaryl/α,β-unsaturated/α-hetero) is 1. The van der Waals surface area contributed by atoms with E-state index in [4.69, 9.17) is 0 Å². The highest BCUT2D eigenvalue weighted by Crippen LogP contribution is 2.04. The molecule has 0 aliphatic heterocycles. The van der Waals surface area contributed by atoms with Gasteiger partial charge in [-0.1, -0.05) is 6.92 Å². The molecule has 1 atom stereocenters. The number of pyridine rings is 1. The zero-order chi connectivity index (χ0) is 12.1. The molecule has 1 rings (SSSR count). The minimum absolute atomic E-state index is 0.0230. The van der Waals surface area contributed by atoms with Crippen LogP contribution in [0.5, 0.6) is 0 Å². The van der Waals surface area contributed by atoms with Crippen LogP contribution in [0.4, 0.5) is 0 Å². The van der Waals surface area contributed by atoms with Crippen molar-refractivity contribution in [2.75, 3.05) is 0 Å². The Morgan fingerprint density at radius 3 is 2.75 bits per heavy atom. The Morgan fingerprint density at radius 2 is 2.19 bits per heavy atom. The monoisotopic (exact) mass is 220 g/mol. The van der Waals surface area contributed by atoms with Crippen molar-refractivity contribution in [3.8, 4) is 0 Å². The van der Waals surface area contributed by atoms with Gasteiger partial charge in [-0.05, 0) is 26.0 Å². The van der Waals surface area contributed by atoms with Crippen LogP contribution in [0, 0.1) is 6.92 Å². The number of hydrogen-bond acceptors (Lipinski definition) is 3. The van der Waals surface area contributed by atoms with Crippen molar-refractivity contribution < 1.29 is 9.59 Å². The van der Waals surface area contributed by atoms with Crippen molar-refractivity contribution in [2.45, 2.75) is 33.2 Å². The molecule has 1 N–H and O–H groups in total. The van der Waals surface area contributed by atoms with Crippen molar-refractivity contribution in [1.29, 1.82) is 0 Å². The number of hydrogen-bond donors (Lipinski definition) is 1. The van der Waals surface area contributed by atoms with Crippen LogP contribution in [-0.4, -0.2) is 22.7 Å². The van der Waals surface area contributed by atoms with Crippen LogP contribution in [0.1, 0.15) is 36.3 Å². The van der Waals surface area contributed by atoms with Crippen molar-refractivity contribution >= 4 is 11.7 Å². The summed E-state index contributed by atoms with van der Waals surface area (Å²) in [4.78, 5) is 27.2. The maximum atomic E-state index is 11.8. The lowest BCUT2D eigenvalue weighted by Crippen LogP contribution is -2.38. The van der Waals surface area contributed by atoms with Gasteiger partial charge >= 0.3 is 0 Å². The number of aromatic nitrogens is 1. The van der Waals surface area contributed by atoms with E-state index in [1.54, 1.807) is 39.1 Å². The molecule has 0 bridgehead atoms. The Labute approximate surface area is 95.1 Å². The standard InChI is InChI=1S/C12H16N2O2/c1-4-11(15)9(3)14-12(16)10-6-5-7-13-8(10)2/h5-7,9H,4H2,1-3H3,(H,14,16). The minimum Gasteiger partial charge on any atom is -0.342 e. The average Bonchev–Trinajstić information content (AvgIpc) is 2.28. The minimum atomic E-state index is -0.447. The molecule has 1 aromatic heterocycles. The number of amides is 1. The van der Waals surface area contributed by atoms with Gasteiger partial charge in [-0.3, -0.25) is 14.6 Å². The van der Waals surface area contributed by atoms with Crippen LogP contribution in [0.3, 0.4) is 0 Å². The number of rotatable bonds is 4. The summed E-state index contributed by atoms with van der Waals surface area (Å²) in [5, 5.41) is 2.66. The Bertz CT molecular complexity index is 402. The van der Waals surface area contributed by atoms with E-state index < -0.39 is 6.04 Å². The molecule has 0 radical (unpaired) electrons. The summed E-state index contributed by atoms with van der Waals surface area (Å²) in [7, 11) is 0. The molecular formula is C12H16N2O2. The predicted octanol–water partition coefficient (Wildman–Crippen LogP) is 1.49. The first-order chi connectivity index (χ1) is 7.56. The third-order valence-corrected chi connectivity index (χ3v) is 2.43. The number of aryl methyl sites for hydroxylation is 1. The van der Waals surface area contributed by atoms with Crippen LogP contribution in [0.25, 0.3) is 0 Å². The fraction of sp³-hybridized carbons (Fsp3) is 0.417. The van der Waals surface area contributed by atoms with Crippen molar-refractivity contribution in [3.63, 3.8) is 0 Å². The molecule has 0 fully saturated rings. The topological polar surface area (TPSA) is 59.1 Å². The van der Waals surface area contributed by atoms with Gasteiger partial charge in [-0.25, -0.2) is 0 Å². The second-order valence-corrected chi connectivity index (χ2v) is 3.65. The van der Waals surface area contributed by atoms with Crippen molar-refractivity contribution in [1.82, 2.24) is 10.3 Å². The van der Waals surface area contributed by atoms with E-state index in [0.717, 1.165) is 0 Å². The lowest BCUT2D eigenvalue weighted by molar-refractivity contribution is -0.120. The molecule has 4 heteroatoms. The molecule has 0 saturated carbocycles. The first-order valence-electron chi connectivity index (χ1n) is 5.31. The lowest BCUT2D eigenvalue weighted by atomic mass is 10.1. The van der Waals surface area contributed by atoms with E-state index in [9.17, 15) is 9.59 Å². The van der Waals surface area contributed by atoms with Gasteiger partial charge in [-0.15, -0.1) is 0 Å². The molecule has 86 valence electrons. The lowest BCUT2D eigenvalue weighted by Gasteiger charge is -2.12. The predicted molar refractivity (Wildman–Crippen MR) is 61.2 cm³/mol. The normalized spacial score (nSPS) is 11.9. The Kier molecular flexibility index (Phi) is 4.17. The molecule has 4 nitrogen and oxygen atoms in total. The molecule has 1 amide bonds. The second-order valence-electron chi connectivity index (χ2n) is 3.65. The molecule has 0 aliphatic carbocycles. The highest BCUT2D eigenvalue weighted by atomic mass is 16.2. The number of carbonyl (C=O) groups excluding carboxylic acids is 2. The largest absolute Gasteiger partial charge is 0.342 e. The summed E-state index contributed by atoms with van der Waals surface area (Å²) in [5.41, 5.74) is 1.18. The van der Waals surface area contributed by atoms with E-state index in [2.05, 4.69) is 10.3 Å². The first-order valence-corrected chi connectivity index (χ1v) is 5.31. The maximum Gasteiger partial charge on any atom is 0.253 e. The molecule has 0 saturated heterocycles. The zero-order valence-corrected chi connectivity index (χ0v) is 9.78. The molecule has 1 aromatic rings. The van der Waals surface area contributed by atoms with Crippen LogP contribution >= 0.6 is 0 Å². The first kappa shape index (κ1) is 12.4. The van der Waals surface area contributed by atoms with Gasteiger partial charge in [0.15, 0.2) is 5.78 Å². The molecular weight excluding hydrogens is 204 g/mol. The van der Waals surface area contributed by atoms with Gasteiger partial charge in [0.2, 0.25) is 0 Å². The van der Waals surface area contributed by atoms with Crippen LogP contribution < -0.4 is 5.32 Å². The van der Waals surface area contributed by atoms with Crippen molar-refractivity contribution in [3.05, 3.63) is 29.6 Å². The Morgan fingerprint density at radius 1 is 1.50 bits per heavy atom. The molecule has 1 unspecified atom stereocenters. The molecule has 0 spiro atoms. The fourth-order valence-corrected chi connectivity index (χ4v) is 1.39. The molecule has 1 heterocycles. The SMILES string of the molecule is CCC(=O)C(C)NC(=O)c1cccnc1C. The molecule has 0 aromatic carbocycles. The van der Waals surface area contributed by atoms with E-state index in [0.29, 0.717) is 17.7 Å². The third kappa shape index (κ3) is 2.89. The number of ketones is 1. The highest BCUT2D eigenvalue weighted by Gasteiger charge is 2.16. The van der Waals surface area contributed by atoms with Crippen LogP contribution in [-0.2, 0) is 4.79 Å². The highest BCUT2D eigenvalue weighted by molar-refractivity contribution is 5.98.